The lowest BCUT2D eigenvalue weighted by molar-refractivity contribution is 0.520. The minimum atomic E-state index is -0.242. The summed E-state index contributed by atoms with van der Waals surface area (Å²) >= 11 is 6.57. The Kier molecular flexibility index (Phi) is 5.44. The van der Waals surface area contributed by atoms with Gasteiger partial charge in [-0.3, -0.25) is 0 Å². The van der Waals surface area contributed by atoms with Gasteiger partial charge >= 0.3 is 0 Å². The molecule has 0 bridgehead atoms. The largest absolute Gasteiger partial charge is 0.381 e. The third-order valence-electron chi connectivity index (χ3n) is 5.15. The van der Waals surface area contributed by atoms with Gasteiger partial charge in [-0.2, -0.15) is 0 Å². The molecule has 144 valence electrons. The third-order valence-corrected chi connectivity index (χ3v) is 5.45. The Morgan fingerprint density at radius 1 is 1.07 bits per heavy atom. The summed E-state index contributed by atoms with van der Waals surface area (Å²) in [4.78, 5) is 10.9. The average Bonchev–Trinajstić information content (AvgIpc) is 2.72. The van der Waals surface area contributed by atoms with Gasteiger partial charge in [-0.1, -0.05) is 29.8 Å². The lowest BCUT2D eigenvalue weighted by Crippen LogP contribution is -2.40. The van der Waals surface area contributed by atoms with Gasteiger partial charge in [-0.05, 0) is 55.2 Å². The van der Waals surface area contributed by atoms with Crippen LogP contribution in [-0.4, -0.2) is 29.1 Å². The molecule has 3 aromatic rings. The van der Waals surface area contributed by atoms with E-state index in [0.717, 1.165) is 48.7 Å². The molecular formula is C22H22ClFN4. The Bertz CT molecular complexity index is 933. The monoisotopic (exact) mass is 396 g/mol. The maximum absolute atomic E-state index is 14.1. The van der Waals surface area contributed by atoms with Crippen molar-refractivity contribution in [2.45, 2.75) is 25.8 Å². The number of piperidine rings is 1. The topological polar surface area (TPSA) is 41.0 Å². The smallest absolute Gasteiger partial charge is 0.225 e. The van der Waals surface area contributed by atoms with Crippen LogP contribution < -0.4 is 10.2 Å². The van der Waals surface area contributed by atoms with Crippen molar-refractivity contribution in [1.82, 2.24) is 9.97 Å². The fourth-order valence-corrected chi connectivity index (χ4v) is 3.98. The third kappa shape index (κ3) is 3.94. The zero-order chi connectivity index (χ0) is 19.5. The van der Waals surface area contributed by atoms with Crippen LogP contribution in [-0.2, 0) is 0 Å². The molecule has 28 heavy (non-hydrogen) atoms. The average molecular weight is 397 g/mol. The lowest BCUT2D eigenvalue weighted by atomic mass is 10.00. The van der Waals surface area contributed by atoms with E-state index in [1.165, 1.54) is 6.07 Å². The van der Waals surface area contributed by atoms with Crippen molar-refractivity contribution in [3.8, 4) is 11.1 Å². The Labute approximate surface area is 169 Å². The number of benzene rings is 2. The molecule has 1 saturated heterocycles. The van der Waals surface area contributed by atoms with Gasteiger partial charge in [0.05, 0.1) is 10.7 Å². The summed E-state index contributed by atoms with van der Waals surface area (Å²) in [5, 5.41) is 4.21. The molecule has 6 heteroatoms. The number of hydrogen-bond acceptors (Lipinski definition) is 4. The van der Waals surface area contributed by atoms with Gasteiger partial charge in [0.2, 0.25) is 5.95 Å². The quantitative estimate of drug-likeness (QED) is 0.647. The van der Waals surface area contributed by atoms with Gasteiger partial charge in [-0.15, -0.1) is 0 Å². The van der Waals surface area contributed by atoms with Crippen molar-refractivity contribution in [2.75, 3.05) is 23.3 Å². The molecule has 0 aliphatic carbocycles. The van der Waals surface area contributed by atoms with E-state index in [2.05, 4.69) is 20.2 Å². The van der Waals surface area contributed by atoms with Crippen molar-refractivity contribution in [3.05, 3.63) is 71.3 Å². The second-order valence-corrected chi connectivity index (χ2v) is 7.49. The summed E-state index contributed by atoms with van der Waals surface area (Å²) in [6.07, 6.45) is 5.49. The highest BCUT2D eigenvalue weighted by Crippen LogP contribution is 2.34. The molecule has 1 aliphatic heterocycles. The molecule has 0 spiro atoms. The van der Waals surface area contributed by atoms with Gasteiger partial charge in [0.1, 0.15) is 5.82 Å². The molecule has 1 aliphatic rings. The number of nitrogens with one attached hydrogen (secondary N) is 1. The van der Waals surface area contributed by atoms with Gasteiger partial charge < -0.3 is 10.2 Å². The van der Waals surface area contributed by atoms with Crippen molar-refractivity contribution in [3.63, 3.8) is 0 Å². The van der Waals surface area contributed by atoms with Gasteiger partial charge in [0.15, 0.2) is 0 Å². The minimum absolute atomic E-state index is 0.242. The van der Waals surface area contributed by atoms with Crippen LogP contribution in [0.4, 0.5) is 16.0 Å². The molecule has 0 radical (unpaired) electrons. The van der Waals surface area contributed by atoms with Gasteiger partial charge in [-0.25, -0.2) is 14.4 Å². The predicted octanol–water partition coefficient (Wildman–Crippen LogP) is 5.33. The van der Waals surface area contributed by atoms with Crippen LogP contribution >= 0.6 is 11.6 Å². The van der Waals surface area contributed by atoms with E-state index >= 15 is 0 Å². The van der Waals surface area contributed by atoms with Gasteiger partial charge in [0, 0.05) is 37.1 Å². The van der Waals surface area contributed by atoms with Crippen molar-refractivity contribution < 1.29 is 4.39 Å². The molecule has 4 rings (SSSR count). The van der Waals surface area contributed by atoms with Crippen LogP contribution in [0.1, 0.15) is 18.4 Å². The lowest BCUT2D eigenvalue weighted by Gasteiger charge is -2.33. The first kappa shape index (κ1) is 18.7. The van der Waals surface area contributed by atoms with E-state index in [0.29, 0.717) is 16.6 Å². The van der Waals surface area contributed by atoms with Crippen LogP contribution in [0.15, 0.2) is 54.9 Å². The Hall–Kier alpha value is -2.66. The van der Waals surface area contributed by atoms with E-state index in [9.17, 15) is 4.39 Å². The number of anilines is 2. The molecule has 0 unspecified atom stereocenters. The fraction of sp³-hybridized carbons (Fsp3) is 0.273. The number of halogens is 2. The zero-order valence-corrected chi connectivity index (χ0v) is 16.5. The molecule has 4 nitrogen and oxygen atoms in total. The standard InChI is InChI=1S/C22H22ClFN4/c1-15-13-16(18-5-2-3-6-20(18)24)14-19(23)21(15)27-17-7-11-28(12-8-17)22-25-9-4-10-26-22/h2-6,9-10,13-14,17,27H,7-8,11-12H2,1H3. The number of rotatable bonds is 4. The molecule has 1 aromatic heterocycles. The summed E-state index contributed by atoms with van der Waals surface area (Å²) in [7, 11) is 0. The second-order valence-electron chi connectivity index (χ2n) is 7.08. The first-order valence-corrected chi connectivity index (χ1v) is 9.83. The second kappa shape index (κ2) is 8.15. The summed E-state index contributed by atoms with van der Waals surface area (Å²) < 4.78 is 14.1. The van der Waals surface area contributed by atoms with E-state index in [4.69, 9.17) is 11.6 Å². The highest BCUT2D eigenvalue weighted by Gasteiger charge is 2.22. The predicted molar refractivity (Wildman–Crippen MR) is 112 cm³/mol. The van der Waals surface area contributed by atoms with E-state index in [-0.39, 0.29) is 5.82 Å². The molecular weight excluding hydrogens is 375 g/mol. The molecule has 2 aromatic carbocycles. The van der Waals surface area contributed by atoms with Crippen LogP contribution in [0.3, 0.4) is 0 Å². The number of aromatic nitrogens is 2. The number of nitrogens with zero attached hydrogens (tertiary/aromatic N) is 3. The maximum Gasteiger partial charge on any atom is 0.225 e. The van der Waals surface area contributed by atoms with Crippen LogP contribution in [0.5, 0.6) is 0 Å². The minimum Gasteiger partial charge on any atom is -0.381 e. The Morgan fingerprint density at radius 2 is 1.79 bits per heavy atom. The molecule has 1 N–H and O–H groups in total. The Morgan fingerprint density at radius 3 is 2.46 bits per heavy atom. The maximum atomic E-state index is 14.1. The van der Waals surface area contributed by atoms with Crippen LogP contribution in [0, 0.1) is 12.7 Å². The number of hydrogen-bond donors (Lipinski definition) is 1. The van der Waals surface area contributed by atoms with Crippen LogP contribution in [0.2, 0.25) is 5.02 Å². The highest BCUT2D eigenvalue weighted by atomic mass is 35.5. The summed E-state index contributed by atoms with van der Waals surface area (Å²) in [5.41, 5.74) is 3.30. The number of aryl methyl sites for hydroxylation is 1. The SMILES string of the molecule is Cc1cc(-c2ccccc2F)cc(Cl)c1NC1CCN(c2ncccn2)CC1. The molecule has 2 heterocycles. The Balaban J connectivity index is 1.46. The van der Waals surface area contributed by atoms with Crippen molar-refractivity contribution >= 4 is 23.2 Å². The molecule has 0 atom stereocenters. The first-order chi connectivity index (χ1) is 13.6. The van der Waals surface area contributed by atoms with E-state index < -0.39 is 0 Å². The summed E-state index contributed by atoms with van der Waals surface area (Å²) in [6.45, 7) is 3.79. The first-order valence-electron chi connectivity index (χ1n) is 9.45. The highest BCUT2D eigenvalue weighted by molar-refractivity contribution is 6.33. The van der Waals surface area contributed by atoms with E-state index in [1.807, 2.05) is 31.2 Å². The van der Waals surface area contributed by atoms with Crippen molar-refractivity contribution in [2.24, 2.45) is 0 Å². The van der Waals surface area contributed by atoms with Crippen molar-refractivity contribution in [1.29, 1.82) is 0 Å². The molecule has 1 fully saturated rings. The van der Waals surface area contributed by atoms with E-state index in [1.54, 1.807) is 24.5 Å². The molecule has 0 amide bonds. The fourth-order valence-electron chi connectivity index (χ4n) is 3.66. The summed E-state index contributed by atoms with van der Waals surface area (Å²) in [5.74, 6) is 0.540. The van der Waals surface area contributed by atoms with Crippen LogP contribution in [0.25, 0.3) is 11.1 Å². The summed E-state index contributed by atoms with van der Waals surface area (Å²) in [6, 6.07) is 12.7. The normalized spacial score (nSPS) is 14.9. The van der Waals surface area contributed by atoms with Gasteiger partial charge in [0.25, 0.3) is 0 Å². The molecule has 0 saturated carbocycles. The zero-order valence-electron chi connectivity index (χ0n) is 15.7.